The van der Waals surface area contributed by atoms with Gasteiger partial charge in [0.25, 0.3) is 0 Å². The minimum Gasteiger partial charge on any atom is -0.459 e. The molecule has 0 bridgehead atoms. The monoisotopic (exact) mass is 389 g/mol. The van der Waals surface area contributed by atoms with Crippen molar-refractivity contribution in [1.82, 2.24) is 15.2 Å². The third-order valence-electron chi connectivity index (χ3n) is 5.83. The summed E-state index contributed by atoms with van der Waals surface area (Å²) >= 11 is 5.78. The van der Waals surface area contributed by atoms with E-state index in [1.54, 1.807) is 0 Å². The van der Waals surface area contributed by atoms with Gasteiger partial charge in [-0.2, -0.15) is 0 Å². The molecule has 0 spiro atoms. The Morgan fingerprint density at radius 3 is 2.50 bits per heavy atom. The highest BCUT2D eigenvalue weighted by atomic mass is 32.1. The zero-order valence-corrected chi connectivity index (χ0v) is 16.4. The summed E-state index contributed by atoms with van der Waals surface area (Å²) < 4.78 is 6.37. The lowest BCUT2D eigenvalue weighted by Gasteiger charge is -2.31. The van der Waals surface area contributed by atoms with Crippen LogP contribution in [0.4, 0.5) is 0 Å². The maximum absolute atomic E-state index is 6.37. The Labute approximate surface area is 170 Å². The van der Waals surface area contributed by atoms with E-state index in [2.05, 4.69) is 45.5 Å². The number of rotatable bonds is 4. The van der Waals surface area contributed by atoms with Crippen LogP contribution in [0.2, 0.25) is 0 Å². The number of hydrogen-bond donors (Lipinski definition) is 1. The van der Waals surface area contributed by atoms with Gasteiger partial charge in [-0.05, 0) is 49.3 Å². The minimum atomic E-state index is -0.0101. The van der Waals surface area contributed by atoms with Gasteiger partial charge in [0.15, 0.2) is 5.11 Å². The number of hydrogen-bond acceptors (Lipinski definition) is 3. The molecule has 28 heavy (non-hydrogen) atoms. The molecule has 1 N–H and O–H groups in total. The lowest BCUT2D eigenvalue weighted by Crippen LogP contribution is -2.37. The van der Waals surface area contributed by atoms with Crippen molar-refractivity contribution < 1.29 is 4.42 Å². The second kappa shape index (κ2) is 7.40. The number of nitrogens with one attached hydrogen (secondary N) is 1. The van der Waals surface area contributed by atoms with Gasteiger partial charge >= 0.3 is 0 Å². The largest absolute Gasteiger partial charge is 0.459 e. The van der Waals surface area contributed by atoms with Crippen molar-refractivity contribution in [1.29, 1.82) is 0 Å². The quantitative estimate of drug-likeness (QED) is 0.617. The fourth-order valence-electron chi connectivity index (χ4n) is 4.52. The van der Waals surface area contributed by atoms with Crippen LogP contribution in [0.1, 0.15) is 49.2 Å². The van der Waals surface area contributed by atoms with Crippen molar-refractivity contribution in [3.63, 3.8) is 0 Å². The molecule has 3 aromatic rings. The molecule has 1 aliphatic carbocycles. The third-order valence-corrected chi connectivity index (χ3v) is 6.16. The Bertz CT molecular complexity index is 950. The first-order valence-electron chi connectivity index (χ1n) is 9.96. The summed E-state index contributed by atoms with van der Waals surface area (Å²) in [7, 11) is 0. The summed E-state index contributed by atoms with van der Waals surface area (Å²) in [5, 5.41) is 4.34. The Morgan fingerprint density at radius 1 is 0.964 bits per heavy atom. The van der Waals surface area contributed by atoms with E-state index in [4.69, 9.17) is 16.6 Å². The zero-order valence-electron chi connectivity index (χ0n) is 15.6. The van der Waals surface area contributed by atoms with Gasteiger partial charge in [0.2, 0.25) is 0 Å². The van der Waals surface area contributed by atoms with Gasteiger partial charge in [0.1, 0.15) is 17.6 Å². The van der Waals surface area contributed by atoms with E-state index in [9.17, 15) is 0 Å². The lowest BCUT2D eigenvalue weighted by atomic mass is 10.0. The molecule has 142 valence electrons. The van der Waals surface area contributed by atoms with Crippen LogP contribution in [0.5, 0.6) is 0 Å². The van der Waals surface area contributed by atoms with Gasteiger partial charge in [-0.1, -0.05) is 49.2 Å². The van der Waals surface area contributed by atoms with E-state index in [-0.39, 0.29) is 12.1 Å². The van der Waals surface area contributed by atoms with Crippen LogP contribution in [0.15, 0.2) is 71.3 Å². The van der Waals surface area contributed by atoms with Crippen LogP contribution >= 0.6 is 12.2 Å². The summed E-state index contributed by atoms with van der Waals surface area (Å²) in [6.45, 7) is 0. The summed E-state index contributed by atoms with van der Waals surface area (Å²) in [5.41, 5.74) is 2.08. The maximum atomic E-state index is 6.37. The van der Waals surface area contributed by atoms with Crippen LogP contribution in [0.3, 0.4) is 0 Å². The van der Waals surface area contributed by atoms with Crippen molar-refractivity contribution in [2.24, 2.45) is 0 Å². The fraction of sp³-hybridized carbons (Fsp3) is 0.304. The van der Waals surface area contributed by atoms with E-state index in [0.717, 1.165) is 27.9 Å². The molecular weight excluding hydrogens is 366 g/mol. The van der Waals surface area contributed by atoms with Crippen LogP contribution in [0.25, 0.3) is 11.3 Å². The van der Waals surface area contributed by atoms with E-state index < -0.39 is 0 Å². The number of pyridine rings is 1. The molecular formula is C23H23N3OS. The van der Waals surface area contributed by atoms with Crippen molar-refractivity contribution in [2.45, 2.75) is 43.8 Å². The molecule has 4 nitrogen and oxygen atoms in total. The van der Waals surface area contributed by atoms with Crippen LogP contribution in [-0.2, 0) is 0 Å². The van der Waals surface area contributed by atoms with Crippen LogP contribution in [0, 0.1) is 0 Å². The maximum Gasteiger partial charge on any atom is 0.170 e. The summed E-state index contributed by atoms with van der Waals surface area (Å²) in [6.07, 6.45) is 6.72. The molecule has 3 heterocycles. The van der Waals surface area contributed by atoms with Gasteiger partial charge in [0.05, 0.1) is 11.7 Å². The van der Waals surface area contributed by atoms with Crippen molar-refractivity contribution >= 4 is 17.3 Å². The second-order valence-electron chi connectivity index (χ2n) is 7.54. The van der Waals surface area contributed by atoms with Gasteiger partial charge in [-0.3, -0.25) is 4.98 Å². The Hall–Kier alpha value is -2.66. The smallest absolute Gasteiger partial charge is 0.170 e. The number of benzene rings is 1. The number of furan rings is 1. The SMILES string of the molecule is S=C1N[C@H](c2ccccn2)[C@H](c2ccc(-c3ccccc3)o2)N1C1CCCC1. The number of aromatic nitrogens is 1. The van der Waals surface area contributed by atoms with Crippen molar-refractivity contribution in [2.75, 3.05) is 0 Å². The van der Waals surface area contributed by atoms with E-state index in [1.165, 1.54) is 25.7 Å². The third kappa shape index (κ3) is 3.10. The summed E-state index contributed by atoms with van der Waals surface area (Å²) in [6, 6.07) is 20.9. The molecule has 1 aromatic carbocycles. The summed E-state index contributed by atoms with van der Waals surface area (Å²) in [5.74, 6) is 1.83. The first-order valence-corrected chi connectivity index (χ1v) is 10.4. The highest BCUT2D eigenvalue weighted by Gasteiger charge is 2.45. The van der Waals surface area contributed by atoms with E-state index in [0.29, 0.717) is 6.04 Å². The fourth-order valence-corrected chi connectivity index (χ4v) is 4.90. The van der Waals surface area contributed by atoms with Gasteiger partial charge in [0, 0.05) is 17.8 Å². The van der Waals surface area contributed by atoms with E-state index in [1.807, 2.05) is 36.5 Å². The van der Waals surface area contributed by atoms with Crippen LogP contribution < -0.4 is 5.32 Å². The second-order valence-corrected chi connectivity index (χ2v) is 7.93. The molecule has 0 unspecified atom stereocenters. The Balaban J connectivity index is 1.55. The lowest BCUT2D eigenvalue weighted by molar-refractivity contribution is 0.218. The summed E-state index contributed by atoms with van der Waals surface area (Å²) in [4.78, 5) is 6.98. The van der Waals surface area contributed by atoms with Crippen molar-refractivity contribution in [3.8, 4) is 11.3 Å². The zero-order chi connectivity index (χ0) is 18.9. The average Bonchev–Trinajstić information content (AvgIpc) is 3.48. The normalized spacial score (nSPS) is 22.6. The molecule has 1 saturated heterocycles. The molecule has 1 saturated carbocycles. The number of nitrogens with zero attached hydrogens (tertiary/aromatic N) is 2. The molecule has 2 atom stereocenters. The van der Waals surface area contributed by atoms with Gasteiger partial charge < -0.3 is 14.6 Å². The van der Waals surface area contributed by atoms with E-state index >= 15 is 0 Å². The standard InChI is InChI=1S/C23H23N3OS/c28-23-25-21(18-12-6-7-15-24-18)22(26(23)17-10-4-5-11-17)20-14-13-19(27-20)16-8-2-1-3-9-16/h1-3,6-9,12-15,17,21-22H,4-5,10-11H2,(H,25,28)/t21-,22+/m1/s1. The molecule has 2 aromatic heterocycles. The van der Waals surface area contributed by atoms with Crippen molar-refractivity contribution in [3.05, 3.63) is 78.3 Å². The molecule has 5 heteroatoms. The molecule has 5 rings (SSSR count). The molecule has 0 radical (unpaired) electrons. The highest BCUT2D eigenvalue weighted by Crippen LogP contribution is 2.43. The first-order chi connectivity index (χ1) is 13.8. The van der Waals surface area contributed by atoms with Gasteiger partial charge in [-0.15, -0.1) is 0 Å². The molecule has 2 fully saturated rings. The Morgan fingerprint density at radius 2 is 1.75 bits per heavy atom. The highest BCUT2D eigenvalue weighted by molar-refractivity contribution is 7.80. The topological polar surface area (TPSA) is 41.3 Å². The van der Waals surface area contributed by atoms with Crippen LogP contribution in [-0.4, -0.2) is 21.0 Å². The Kier molecular flexibility index (Phi) is 4.61. The first kappa shape index (κ1) is 17.4. The number of thiocarbonyl (C=S) groups is 1. The minimum absolute atomic E-state index is 0.0101. The predicted molar refractivity (Wildman–Crippen MR) is 114 cm³/mol. The van der Waals surface area contributed by atoms with Gasteiger partial charge in [-0.25, -0.2) is 0 Å². The predicted octanol–water partition coefficient (Wildman–Crippen LogP) is 5.26. The average molecular weight is 390 g/mol. The molecule has 2 aliphatic rings. The molecule has 1 aliphatic heterocycles. The molecule has 0 amide bonds.